The molecule has 0 fully saturated rings. The average Bonchev–Trinajstić information content (AvgIpc) is 3.25. The highest BCUT2D eigenvalue weighted by molar-refractivity contribution is 7.98. The van der Waals surface area contributed by atoms with Crippen LogP contribution in [0.25, 0.3) is 27.2 Å². The number of nitrogens with two attached hydrogens (primary N) is 1. The Kier molecular flexibility index (Phi) is 6.81. The number of hydrogen-bond donors (Lipinski definition) is 4. The minimum absolute atomic E-state index is 0.00604. The normalized spacial score (nSPS) is 11.3. The van der Waals surface area contributed by atoms with Gasteiger partial charge >= 0.3 is 0 Å². The first-order valence-corrected chi connectivity index (χ1v) is 12.2. The molecule has 0 atom stereocenters. The Morgan fingerprint density at radius 1 is 1.17 bits per heavy atom. The Hall–Kier alpha value is -4.55. The molecule has 2 aromatic carbocycles. The number of amides is 1. The van der Waals surface area contributed by atoms with Crippen molar-refractivity contribution in [3.05, 3.63) is 79.7 Å². The fraction of sp³-hybridized carbons (Fsp3) is 0.0833. The highest BCUT2D eigenvalue weighted by Crippen LogP contribution is 2.34. The number of rotatable bonds is 9. The Balaban J connectivity index is 1.60. The zero-order valence-corrected chi connectivity index (χ0v) is 19.9. The van der Waals surface area contributed by atoms with Gasteiger partial charge in [0.25, 0.3) is 0 Å². The van der Waals surface area contributed by atoms with E-state index in [4.69, 9.17) is 5.73 Å². The van der Waals surface area contributed by atoms with E-state index >= 15 is 0 Å². The molecule has 0 bridgehead atoms. The van der Waals surface area contributed by atoms with Crippen molar-refractivity contribution in [3.8, 4) is 17.0 Å². The Morgan fingerprint density at radius 2 is 1.92 bits per heavy atom. The topological polar surface area (TPSA) is 165 Å². The maximum absolute atomic E-state index is 12.7. The molecular weight excluding hydrogens is 482 g/mol. The van der Waals surface area contributed by atoms with Gasteiger partial charge in [0.15, 0.2) is 5.65 Å². The molecule has 1 amide bonds. The van der Waals surface area contributed by atoms with Crippen molar-refractivity contribution in [2.45, 2.75) is 6.54 Å². The number of sulfonamides is 1. The second kappa shape index (κ2) is 9.98. The molecule has 5 N–H and O–H groups in total. The van der Waals surface area contributed by atoms with Gasteiger partial charge in [0.05, 0.1) is 22.5 Å². The maximum atomic E-state index is 12.7. The predicted octanol–water partition coefficient (Wildman–Crippen LogP) is 2.50. The molecule has 0 aliphatic rings. The van der Waals surface area contributed by atoms with Crippen molar-refractivity contribution in [3.63, 3.8) is 0 Å². The number of nitrogens with one attached hydrogen (secondary N) is 2. The highest BCUT2D eigenvalue weighted by Gasteiger charge is 2.20. The van der Waals surface area contributed by atoms with Gasteiger partial charge in [0.2, 0.25) is 15.9 Å². The number of anilines is 2. The number of nitrogens with zero attached hydrogens (tertiary/aromatic N) is 4. The number of phenols is 1. The average molecular weight is 506 g/mol. The minimum atomic E-state index is -3.83. The van der Waals surface area contributed by atoms with Crippen LogP contribution in [-0.2, 0) is 21.4 Å². The summed E-state index contributed by atoms with van der Waals surface area (Å²) in [5.41, 5.74) is 8.06. The number of nitrogen functional groups attached to an aromatic ring is 1. The molecule has 0 saturated heterocycles. The van der Waals surface area contributed by atoms with Crippen LogP contribution < -0.4 is 15.8 Å². The summed E-state index contributed by atoms with van der Waals surface area (Å²) in [5.74, 6) is -0.487. The first kappa shape index (κ1) is 24.6. The fourth-order valence-electron chi connectivity index (χ4n) is 3.51. The van der Waals surface area contributed by atoms with E-state index in [2.05, 4.69) is 38.3 Å². The third-order valence-corrected chi connectivity index (χ3v) is 6.78. The molecule has 36 heavy (non-hydrogen) atoms. The van der Waals surface area contributed by atoms with Gasteiger partial charge in [-0.25, -0.2) is 27.8 Å². The second-order valence-corrected chi connectivity index (χ2v) is 9.43. The fourth-order valence-corrected chi connectivity index (χ4v) is 4.49. The van der Waals surface area contributed by atoms with Gasteiger partial charge < -0.3 is 16.2 Å². The van der Waals surface area contributed by atoms with Crippen LogP contribution >= 0.6 is 0 Å². The molecule has 0 saturated carbocycles. The molecule has 184 valence electrons. The number of hydrogen-bond acceptors (Lipinski definition) is 8. The summed E-state index contributed by atoms with van der Waals surface area (Å²) in [7, 11) is -3.83. The third-order valence-electron chi connectivity index (χ3n) is 5.31. The molecule has 0 radical (unpaired) electrons. The number of aromatic nitrogens is 4. The van der Waals surface area contributed by atoms with Crippen molar-refractivity contribution in [1.29, 1.82) is 0 Å². The maximum Gasteiger partial charge on any atom is 0.247 e. The molecule has 0 aliphatic carbocycles. The van der Waals surface area contributed by atoms with Crippen LogP contribution in [0.3, 0.4) is 0 Å². The second-order valence-electron chi connectivity index (χ2n) is 7.64. The van der Waals surface area contributed by atoms with Crippen molar-refractivity contribution in [2.24, 2.45) is 0 Å². The number of phenolic OH excluding ortho intramolecular Hbond substituents is 1. The first-order chi connectivity index (χ1) is 17.2. The highest BCUT2D eigenvalue weighted by atomic mass is 32.2. The Bertz CT molecular complexity index is 1580. The molecule has 12 heteroatoms. The van der Waals surface area contributed by atoms with E-state index in [0.717, 1.165) is 6.08 Å². The van der Waals surface area contributed by atoms with Crippen molar-refractivity contribution >= 4 is 43.4 Å². The molecule has 2 heterocycles. The number of aromatic hydroxyl groups is 1. The van der Waals surface area contributed by atoms with E-state index < -0.39 is 15.9 Å². The number of fused-ring (bicyclic) bond motifs is 1. The summed E-state index contributed by atoms with van der Waals surface area (Å²) in [5, 5.41) is 17.9. The van der Waals surface area contributed by atoms with Crippen LogP contribution in [0.5, 0.6) is 5.75 Å². The van der Waals surface area contributed by atoms with Gasteiger partial charge in [-0.3, -0.25) is 4.79 Å². The van der Waals surface area contributed by atoms with E-state index in [1.807, 2.05) is 0 Å². The molecule has 0 aliphatic heterocycles. The molecule has 2 aromatic heterocycles. The van der Waals surface area contributed by atoms with E-state index in [1.165, 1.54) is 23.1 Å². The van der Waals surface area contributed by atoms with Crippen molar-refractivity contribution in [2.75, 3.05) is 17.6 Å². The lowest BCUT2D eigenvalue weighted by atomic mass is 10.1. The quantitative estimate of drug-likeness (QED) is 0.199. The Morgan fingerprint density at radius 3 is 2.61 bits per heavy atom. The van der Waals surface area contributed by atoms with Crippen LogP contribution in [-0.4, -0.2) is 45.7 Å². The van der Waals surface area contributed by atoms with Crippen LogP contribution in [0.4, 0.5) is 11.5 Å². The molecule has 0 unspecified atom stereocenters. The van der Waals surface area contributed by atoms with Crippen LogP contribution in [0.2, 0.25) is 0 Å². The summed E-state index contributed by atoms with van der Waals surface area (Å²) in [4.78, 5) is 19.8. The van der Waals surface area contributed by atoms with Crippen LogP contribution in [0.15, 0.2) is 74.1 Å². The monoisotopic (exact) mass is 505 g/mol. The van der Waals surface area contributed by atoms with E-state index in [-0.39, 0.29) is 35.2 Å². The number of carbonyl (C=O) groups is 1. The number of benzene rings is 2. The smallest absolute Gasteiger partial charge is 0.247 e. The summed E-state index contributed by atoms with van der Waals surface area (Å²) >= 11 is 0. The summed E-state index contributed by atoms with van der Waals surface area (Å²) in [6, 6.07) is 13.2. The van der Waals surface area contributed by atoms with Gasteiger partial charge in [-0.2, -0.15) is 5.10 Å². The van der Waals surface area contributed by atoms with Crippen LogP contribution in [0, 0.1) is 0 Å². The third kappa shape index (κ3) is 4.94. The number of carbonyl (C=O) groups excluding carboxylic acids is 1. The van der Waals surface area contributed by atoms with E-state index in [1.54, 1.807) is 36.4 Å². The van der Waals surface area contributed by atoms with Gasteiger partial charge in [0.1, 0.15) is 23.6 Å². The molecule has 11 nitrogen and oxygen atoms in total. The van der Waals surface area contributed by atoms with E-state index in [9.17, 15) is 18.3 Å². The molecule has 4 aromatic rings. The van der Waals surface area contributed by atoms with Crippen molar-refractivity contribution < 1.29 is 18.3 Å². The van der Waals surface area contributed by atoms with Crippen molar-refractivity contribution in [1.82, 2.24) is 24.5 Å². The molecule has 0 spiro atoms. The lowest BCUT2D eigenvalue weighted by Gasteiger charge is -2.10. The Labute approximate surface area is 207 Å². The molecule has 4 rings (SSSR count). The lowest BCUT2D eigenvalue weighted by molar-refractivity contribution is -0.111. The lowest BCUT2D eigenvalue weighted by Crippen LogP contribution is -2.28. The minimum Gasteiger partial charge on any atom is -0.506 e. The van der Waals surface area contributed by atoms with Gasteiger partial charge in [0, 0.05) is 12.1 Å². The summed E-state index contributed by atoms with van der Waals surface area (Å²) < 4.78 is 29.4. The van der Waals surface area contributed by atoms with Gasteiger partial charge in [-0.15, -0.1) is 0 Å². The first-order valence-electron chi connectivity index (χ1n) is 10.7. The molecular formula is C24H23N7O4S. The largest absolute Gasteiger partial charge is 0.506 e. The van der Waals surface area contributed by atoms with Gasteiger partial charge in [-0.05, 0) is 23.8 Å². The van der Waals surface area contributed by atoms with Gasteiger partial charge in [-0.1, -0.05) is 49.6 Å². The van der Waals surface area contributed by atoms with Crippen LogP contribution in [0.1, 0.15) is 5.56 Å². The van der Waals surface area contributed by atoms with E-state index in [0.29, 0.717) is 27.9 Å². The summed E-state index contributed by atoms with van der Waals surface area (Å²) in [6.07, 6.45) is 2.37. The zero-order valence-electron chi connectivity index (χ0n) is 19.0. The zero-order chi connectivity index (χ0) is 25.9. The predicted molar refractivity (Wildman–Crippen MR) is 138 cm³/mol. The SMILES string of the molecule is C=CC(=O)Nc1ccc(-c2nn(CCNS(=O)(=O)C(=C)c3ccccc3)c3ncnc(N)c23)cc1O. The summed E-state index contributed by atoms with van der Waals surface area (Å²) in [6.45, 7) is 7.22. The standard InChI is InChI=1S/C24H23N7O4S/c1-3-20(33)29-18-10-9-17(13-19(18)32)22-21-23(25)26-14-27-24(21)31(30-22)12-11-28-36(34,35)15(2)16-7-5-4-6-8-16/h3-10,13-14,28,32H,1-2,11-12H2,(H,29,33)(H2,25,26,27).